The van der Waals surface area contributed by atoms with E-state index in [-0.39, 0.29) is 31.4 Å². The van der Waals surface area contributed by atoms with Gasteiger partial charge in [0.1, 0.15) is 18.0 Å². The van der Waals surface area contributed by atoms with E-state index >= 15 is 0 Å². The van der Waals surface area contributed by atoms with Gasteiger partial charge in [-0.1, -0.05) is 30.3 Å². The first-order valence-corrected chi connectivity index (χ1v) is 12.0. The number of fused-ring (bicyclic) bond motifs is 2. The summed E-state index contributed by atoms with van der Waals surface area (Å²) in [6, 6.07) is 12.6. The van der Waals surface area contributed by atoms with E-state index in [1.54, 1.807) is 33.0 Å². The van der Waals surface area contributed by atoms with Crippen molar-refractivity contribution in [1.29, 1.82) is 0 Å². The molecule has 2 saturated heterocycles. The third kappa shape index (κ3) is 4.51. The van der Waals surface area contributed by atoms with Crippen LogP contribution in [0.5, 0.6) is 0 Å². The van der Waals surface area contributed by atoms with Gasteiger partial charge >= 0.3 is 12.2 Å². The van der Waals surface area contributed by atoms with Crippen LogP contribution >= 0.6 is 0 Å². The fraction of sp³-hybridized carbons (Fsp3) is 0.407. The van der Waals surface area contributed by atoms with Crippen LogP contribution < -0.4 is 0 Å². The molecule has 4 atom stereocenters. The number of halogens is 1. The predicted molar refractivity (Wildman–Crippen MR) is 131 cm³/mol. The number of aromatic nitrogens is 1. The highest BCUT2D eigenvalue weighted by Crippen LogP contribution is 2.44. The Labute approximate surface area is 208 Å². The molecule has 2 amide bonds. The summed E-state index contributed by atoms with van der Waals surface area (Å²) in [4.78, 5) is 32.5. The number of hydrogen-bond donors (Lipinski definition) is 2. The molecule has 1 aromatic heterocycles. The summed E-state index contributed by atoms with van der Waals surface area (Å²) >= 11 is 0. The zero-order valence-electron chi connectivity index (χ0n) is 20.5. The largest absolute Gasteiger partial charge is 0.445 e. The molecule has 9 heteroatoms. The Morgan fingerprint density at radius 3 is 2.50 bits per heavy atom. The second kappa shape index (κ2) is 9.13. The van der Waals surface area contributed by atoms with Gasteiger partial charge in [0.05, 0.1) is 24.7 Å². The molecule has 2 fully saturated rings. The predicted octanol–water partition coefficient (Wildman–Crippen LogP) is 4.39. The fourth-order valence-corrected chi connectivity index (χ4v) is 5.36. The number of rotatable bonds is 3. The minimum Gasteiger partial charge on any atom is -0.445 e. The van der Waals surface area contributed by atoms with Crippen molar-refractivity contribution in [1.82, 2.24) is 14.8 Å². The number of amides is 2. The second-order valence-corrected chi connectivity index (χ2v) is 10.4. The average Bonchev–Trinajstić information content (AvgIpc) is 3.50. The summed E-state index contributed by atoms with van der Waals surface area (Å²) in [6.07, 6.45) is -0.306. The fourth-order valence-electron chi connectivity index (χ4n) is 5.36. The minimum absolute atomic E-state index is 0.0280. The van der Waals surface area contributed by atoms with Crippen LogP contribution in [0.15, 0.2) is 54.7 Å². The lowest BCUT2D eigenvalue weighted by Crippen LogP contribution is -2.46. The number of nitrogens with one attached hydrogen (secondary N) is 1. The first-order valence-electron chi connectivity index (χ1n) is 12.0. The molecule has 0 aliphatic carbocycles. The Bertz CT molecular complexity index is 1270. The number of β-amino-alcohol motifs (C(OH)–C–C–N with tert-alkyl or cyclic N) is 1. The molecule has 0 bridgehead atoms. The number of likely N-dealkylation sites (tertiary alicyclic amines) is 2. The van der Waals surface area contributed by atoms with Gasteiger partial charge in [-0.15, -0.1) is 0 Å². The summed E-state index contributed by atoms with van der Waals surface area (Å²) < 4.78 is 25.0. The Kier molecular flexibility index (Phi) is 6.12. The van der Waals surface area contributed by atoms with E-state index in [9.17, 15) is 19.1 Å². The Morgan fingerprint density at radius 1 is 1.06 bits per heavy atom. The molecule has 2 N–H and O–H groups in total. The maximum absolute atomic E-state index is 13.8. The molecule has 3 aromatic rings. The summed E-state index contributed by atoms with van der Waals surface area (Å²) in [5.74, 6) is -0.707. The average molecular weight is 496 g/mol. The smallest absolute Gasteiger partial charge is 0.410 e. The molecular formula is C27H30FN3O5. The van der Waals surface area contributed by atoms with Gasteiger partial charge in [0.25, 0.3) is 0 Å². The highest BCUT2D eigenvalue weighted by molar-refractivity contribution is 5.84. The van der Waals surface area contributed by atoms with Gasteiger partial charge in [0, 0.05) is 29.6 Å². The van der Waals surface area contributed by atoms with Crippen molar-refractivity contribution in [3.63, 3.8) is 0 Å². The first-order chi connectivity index (χ1) is 17.1. The number of hydrogen-bond acceptors (Lipinski definition) is 5. The lowest BCUT2D eigenvalue weighted by atomic mass is 9.91. The van der Waals surface area contributed by atoms with Gasteiger partial charge in [-0.25, -0.2) is 14.0 Å². The van der Waals surface area contributed by atoms with Gasteiger partial charge in [-0.3, -0.25) is 9.80 Å². The second-order valence-electron chi connectivity index (χ2n) is 10.4. The van der Waals surface area contributed by atoms with Crippen molar-refractivity contribution in [3.05, 3.63) is 71.7 Å². The van der Waals surface area contributed by atoms with Crippen molar-refractivity contribution < 1.29 is 28.6 Å². The molecule has 36 heavy (non-hydrogen) atoms. The normalized spacial score (nSPS) is 23.7. The van der Waals surface area contributed by atoms with E-state index in [0.29, 0.717) is 5.52 Å². The van der Waals surface area contributed by atoms with Crippen LogP contribution in [0.4, 0.5) is 14.0 Å². The Balaban J connectivity index is 1.48. The molecule has 2 aliphatic rings. The number of ether oxygens (including phenoxy) is 2. The number of nitrogens with zero attached hydrogens (tertiary/aromatic N) is 2. The number of aromatic amines is 1. The van der Waals surface area contributed by atoms with Crippen LogP contribution in [0.2, 0.25) is 0 Å². The molecule has 2 aliphatic heterocycles. The van der Waals surface area contributed by atoms with Crippen molar-refractivity contribution in [3.8, 4) is 0 Å². The maximum atomic E-state index is 13.8. The lowest BCUT2D eigenvalue weighted by molar-refractivity contribution is 0.0197. The number of aliphatic hydroxyl groups excluding tert-OH is 1. The highest BCUT2D eigenvalue weighted by Gasteiger charge is 2.57. The minimum atomic E-state index is -0.973. The lowest BCUT2D eigenvalue weighted by Gasteiger charge is -2.30. The number of H-pyrrole nitrogens is 1. The molecular weight excluding hydrogens is 465 g/mol. The number of benzene rings is 2. The van der Waals surface area contributed by atoms with E-state index in [2.05, 4.69) is 4.98 Å². The molecule has 5 rings (SSSR count). The van der Waals surface area contributed by atoms with E-state index in [1.807, 2.05) is 30.3 Å². The molecule has 0 spiro atoms. The molecule has 3 unspecified atom stereocenters. The van der Waals surface area contributed by atoms with Crippen LogP contribution in [-0.4, -0.2) is 69.0 Å². The number of aliphatic hydroxyl groups is 1. The van der Waals surface area contributed by atoms with Crippen molar-refractivity contribution in [2.24, 2.45) is 0 Å². The molecule has 3 heterocycles. The molecule has 2 aromatic carbocycles. The third-order valence-electron chi connectivity index (χ3n) is 6.80. The topological polar surface area (TPSA) is 95.1 Å². The van der Waals surface area contributed by atoms with Crippen LogP contribution in [0.3, 0.4) is 0 Å². The summed E-state index contributed by atoms with van der Waals surface area (Å²) in [6.45, 7) is 5.69. The molecule has 190 valence electrons. The van der Waals surface area contributed by atoms with Gasteiger partial charge < -0.3 is 19.6 Å². The van der Waals surface area contributed by atoms with Crippen LogP contribution in [-0.2, 0) is 16.1 Å². The standard InChI is InChI=1S/C27H30FN3O5/c1-27(2,3)36-26(34)31-14-22(32)24-23(31)20(19-12-29-21-11-17(28)9-10-18(19)21)13-30(24)25(33)35-15-16-7-5-4-6-8-16/h4-12,20,22-24,29,32H,13-15H2,1-3H3/t20?,22-,23?,24?/m0/s1. The number of carbonyl (C=O) groups excluding carboxylic acids is 2. The van der Waals surface area contributed by atoms with Gasteiger partial charge in [-0.2, -0.15) is 0 Å². The van der Waals surface area contributed by atoms with Gasteiger partial charge in [-0.05, 0) is 50.1 Å². The van der Waals surface area contributed by atoms with Crippen LogP contribution in [0.1, 0.15) is 37.8 Å². The van der Waals surface area contributed by atoms with Crippen LogP contribution in [0.25, 0.3) is 10.9 Å². The summed E-state index contributed by atoms with van der Waals surface area (Å²) in [5, 5.41) is 11.8. The molecule has 0 radical (unpaired) electrons. The van der Waals surface area contributed by atoms with Crippen molar-refractivity contribution >= 4 is 23.1 Å². The van der Waals surface area contributed by atoms with E-state index in [1.165, 1.54) is 21.9 Å². The SMILES string of the molecule is CC(C)(C)OC(=O)N1C[C@H](O)C2C1C(c1c[nH]c3cc(F)ccc13)CN2C(=O)OCc1ccccc1. The Hall–Kier alpha value is -3.59. The van der Waals surface area contributed by atoms with Crippen molar-refractivity contribution in [2.75, 3.05) is 13.1 Å². The first kappa shape index (κ1) is 24.1. The van der Waals surface area contributed by atoms with Crippen molar-refractivity contribution in [2.45, 2.75) is 57.1 Å². The van der Waals surface area contributed by atoms with E-state index in [4.69, 9.17) is 9.47 Å². The van der Waals surface area contributed by atoms with E-state index < -0.39 is 36.0 Å². The van der Waals surface area contributed by atoms with Gasteiger partial charge in [0.15, 0.2) is 0 Å². The molecule has 8 nitrogen and oxygen atoms in total. The quantitative estimate of drug-likeness (QED) is 0.562. The monoisotopic (exact) mass is 495 g/mol. The summed E-state index contributed by atoms with van der Waals surface area (Å²) in [7, 11) is 0. The molecule has 0 saturated carbocycles. The number of carbonyl (C=O) groups is 2. The van der Waals surface area contributed by atoms with E-state index in [0.717, 1.165) is 16.5 Å². The van der Waals surface area contributed by atoms with Crippen LogP contribution in [0, 0.1) is 5.82 Å². The van der Waals surface area contributed by atoms with Gasteiger partial charge in [0.2, 0.25) is 0 Å². The Morgan fingerprint density at radius 2 is 1.78 bits per heavy atom. The zero-order chi connectivity index (χ0) is 25.6. The summed E-state index contributed by atoms with van der Waals surface area (Å²) in [5.41, 5.74) is 1.58. The highest BCUT2D eigenvalue weighted by atomic mass is 19.1. The third-order valence-corrected chi connectivity index (χ3v) is 6.80. The maximum Gasteiger partial charge on any atom is 0.410 e. The zero-order valence-corrected chi connectivity index (χ0v) is 20.5.